The molecular weight excluding hydrogens is 292 g/mol. The van der Waals surface area contributed by atoms with Crippen LogP contribution in [-0.2, 0) is 15.6 Å². The average Bonchev–Trinajstić information content (AvgIpc) is 2.24. The largest absolute Gasteiger partial charge is 0.354 e. The van der Waals surface area contributed by atoms with Gasteiger partial charge in [0.05, 0.1) is 6.04 Å². The Morgan fingerprint density at radius 1 is 1.44 bits per heavy atom. The summed E-state index contributed by atoms with van der Waals surface area (Å²) >= 11 is 1.67. The summed E-state index contributed by atoms with van der Waals surface area (Å²) in [5.74, 6) is 1.21. The van der Waals surface area contributed by atoms with Crippen LogP contribution in [0.4, 0.5) is 0 Å². The van der Waals surface area contributed by atoms with Crippen molar-refractivity contribution in [2.24, 2.45) is 5.73 Å². The van der Waals surface area contributed by atoms with Crippen molar-refractivity contribution in [2.75, 3.05) is 24.3 Å². The molecule has 0 aliphatic carbocycles. The Kier molecular flexibility index (Phi) is 11.5. The molecule has 110 valence electrons. The summed E-state index contributed by atoms with van der Waals surface area (Å²) in [5.41, 5.74) is 5.70. The molecule has 0 saturated carbocycles. The lowest BCUT2D eigenvalue weighted by Crippen LogP contribution is -2.43. The molecule has 0 bridgehead atoms. The van der Waals surface area contributed by atoms with Crippen molar-refractivity contribution >= 4 is 40.9 Å². The highest BCUT2D eigenvalue weighted by Crippen LogP contribution is 2.10. The van der Waals surface area contributed by atoms with E-state index in [9.17, 15) is 9.00 Å². The Balaban J connectivity index is 0. The van der Waals surface area contributed by atoms with Gasteiger partial charge in [0.1, 0.15) is 0 Å². The van der Waals surface area contributed by atoms with Gasteiger partial charge in [0.25, 0.3) is 0 Å². The lowest BCUT2D eigenvalue weighted by Gasteiger charge is -2.18. The van der Waals surface area contributed by atoms with Gasteiger partial charge in [0.15, 0.2) is 0 Å². The molecule has 3 N–H and O–H groups in total. The van der Waals surface area contributed by atoms with Crippen molar-refractivity contribution < 1.29 is 9.00 Å². The number of nitrogens with one attached hydrogen (secondary N) is 1. The van der Waals surface area contributed by atoms with E-state index in [1.165, 1.54) is 0 Å². The van der Waals surface area contributed by atoms with Crippen LogP contribution in [0.25, 0.3) is 0 Å². The van der Waals surface area contributed by atoms with E-state index in [0.29, 0.717) is 18.7 Å². The van der Waals surface area contributed by atoms with Gasteiger partial charge in [-0.25, -0.2) is 0 Å². The van der Waals surface area contributed by atoms with Crippen LogP contribution in [0.5, 0.6) is 0 Å². The van der Waals surface area contributed by atoms with Crippen LogP contribution < -0.4 is 11.1 Å². The van der Waals surface area contributed by atoms with Crippen LogP contribution in [0.1, 0.15) is 27.2 Å². The van der Waals surface area contributed by atoms with Crippen molar-refractivity contribution in [3.05, 3.63) is 0 Å². The van der Waals surface area contributed by atoms with Crippen molar-refractivity contribution in [3.63, 3.8) is 0 Å². The van der Waals surface area contributed by atoms with Crippen LogP contribution in [-0.4, -0.2) is 45.2 Å². The molecule has 4 nitrogen and oxygen atoms in total. The van der Waals surface area contributed by atoms with Crippen molar-refractivity contribution in [3.8, 4) is 0 Å². The Hall–Kier alpha value is 0.220. The number of carbonyl (C=O) groups excluding carboxylic acids is 1. The van der Waals surface area contributed by atoms with Gasteiger partial charge < -0.3 is 11.1 Å². The minimum atomic E-state index is -0.932. The Labute approximate surface area is 123 Å². The van der Waals surface area contributed by atoms with E-state index in [0.717, 1.165) is 5.75 Å². The standard InChI is InChI=1S/C11H24N2O2S2.ClH/c1-11(2,3)17(15)8-6-13-10(14)9(12)5-7-16-4;/h9H,5-8,12H2,1-4H3,(H,13,14);1H/t9-,17?;/m0./s1. The number of amides is 1. The molecule has 1 unspecified atom stereocenters. The number of nitrogens with two attached hydrogens (primary N) is 1. The average molecular weight is 317 g/mol. The van der Waals surface area contributed by atoms with E-state index in [4.69, 9.17) is 5.73 Å². The third kappa shape index (κ3) is 9.19. The van der Waals surface area contributed by atoms with Crippen molar-refractivity contribution in [1.29, 1.82) is 0 Å². The minimum Gasteiger partial charge on any atom is -0.354 e. The van der Waals surface area contributed by atoms with E-state index in [1.54, 1.807) is 11.8 Å². The van der Waals surface area contributed by atoms with Gasteiger partial charge in [-0.05, 0) is 39.2 Å². The van der Waals surface area contributed by atoms with Crippen LogP contribution in [0.2, 0.25) is 0 Å². The highest BCUT2D eigenvalue weighted by atomic mass is 35.5. The van der Waals surface area contributed by atoms with E-state index >= 15 is 0 Å². The summed E-state index contributed by atoms with van der Waals surface area (Å²) in [6.45, 7) is 6.20. The fourth-order valence-electron chi connectivity index (χ4n) is 1.08. The first-order chi connectivity index (χ1) is 7.79. The number of halogens is 1. The summed E-state index contributed by atoms with van der Waals surface area (Å²) < 4.78 is 11.5. The molecule has 0 aliphatic heterocycles. The lowest BCUT2D eigenvalue weighted by molar-refractivity contribution is -0.122. The molecule has 0 spiro atoms. The molecule has 7 heteroatoms. The molecule has 0 fully saturated rings. The molecule has 0 radical (unpaired) electrons. The van der Waals surface area contributed by atoms with Crippen LogP contribution in [0.15, 0.2) is 0 Å². The number of carbonyl (C=O) groups is 1. The van der Waals surface area contributed by atoms with Gasteiger partial charge in [-0.2, -0.15) is 11.8 Å². The zero-order valence-electron chi connectivity index (χ0n) is 11.5. The Bertz CT molecular complexity index is 270. The maximum Gasteiger partial charge on any atom is 0.236 e. The predicted molar refractivity (Wildman–Crippen MR) is 84.0 cm³/mol. The molecule has 0 rings (SSSR count). The van der Waals surface area contributed by atoms with Crippen LogP contribution >= 0.6 is 24.2 Å². The Morgan fingerprint density at radius 2 is 2.00 bits per heavy atom. The topological polar surface area (TPSA) is 72.2 Å². The zero-order valence-corrected chi connectivity index (χ0v) is 14.0. The second-order valence-corrected chi connectivity index (χ2v) is 8.15. The maximum atomic E-state index is 11.7. The first-order valence-corrected chi connectivity index (χ1v) is 8.41. The smallest absolute Gasteiger partial charge is 0.236 e. The lowest BCUT2D eigenvalue weighted by atomic mass is 10.2. The molecule has 0 heterocycles. The van der Waals surface area contributed by atoms with Gasteiger partial charge in [-0.15, -0.1) is 12.4 Å². The quantitative estimate of drug-likeness (QED) is 0.739. The monoisotopic (exact) mass is 316 g/mol. The molecular formula is C11H25ClN2O2S2. The summed E-state index contributed by atoms with van der Waals surface area (Å²) in [4.78, 5) is 11.5. The summed E-state index contributed by atoms with van der Waals surface area (Å²) in [6, 6.07) is -0.453. The normalized spacial score (nSPS) is 14.5. The summed E-state index contributed by atoms with van der Waals surface area (Å²) in [6.07, 6.45) is 2.66. The molecule has 0 aromatic rings. The number of thioether (sulfide) groups is 1. The molecule has 0 aromatic heterocycles. The molecule has 18 heavy (non-hydrogen) atoms. The number of rotatable bonds is 7. The molecule has 0 aliphatic rings. The molecule has 0 aromatic carbocycles. The van der Waals surface area contributed by atoms with E-state index in [-0.39, 0.29) is 23.1 Å². The fourth-order valence-corrected chi connectivity index (χ4v) is 2.47. The van der Waals surface area contributed by atoms with Crippen LogP contribution in [0.3, 0.4) is 0 Å². The molecule has 2 atom stereocenters. The molecule has 1 amide bonds. The number of hydrogen-bond acceptors (Lipinski definition) is 4. The first-order valence-electron chi connectivity index (χ1n) is 5.69. The predicted octanol–water partition coefficient (Wildman–Crippen LogP) is 1.15. The summed E-state index contributed by atoms with van der Waals surface area (Å²) in [7, 11) is -0.932. The van der Waals surface area contributed by atoms with Crippen molar-refractivity contribution in [2.45, 2.75) is 38.0 Å². The Morgan fingerprint density at radius 3 is 2.44 bits per heavy atom. The van der Waals surface area contributed by atoms with E-state index in [1.807, 2.05) is 27.0 Å². The van der Waals surface area contributed by atoms with Gasteiger partial charge in [-0.3, -0.25) is 9.00 Å². The van der Waals surface area contributed by atoms with E-state index < -0.39 is 16.8 Å². The fraction of sp³-hybridized carbons (Fsp3) is 0.909. The first kappa shape index (κ1) is 20.5. The second-order valence-electron chi connectivity index (χ2n) is 4.84. The maximum absolute atomic E-state index is 11.7. The van der Waals surface area contributed by atoms with Gasteiger partial charge in [0.2, 0.25) is 5.91 Å². The van der Waals surface area contributed by atoms with Crippen molar-refractivity contribution in [1.82, 2.24) is 5.32 Å². The molecule has 0 saturated heterocycles. The SMILES string of the molecule is CSCC[C@H](N)C(=O)NCCS(=O)C(C)(C)C.Cl. The highest BCUT2D eigenvalue weighted by Gasteiger charge is 2.19. The van der Waals surface area contributed by atoms with Gasteiger partial charge in [-0.1, -0.05) is 0 Å². The third-order valence-corrected chi connectivity index (χ3v) is 4.82. The van der Waals surface area contributed by atoms with Crippen LogP contribution in [0, 0.1) is 0 Å². The van der Waals surface area contributed by atoms with Gasteiger partial charge in [0, 0.05) is 27.8 Å². The van der Waals surface area contributed by atoms with E-state index in [2.05, 4.69) is 5.32 Å². The third-order valence-electron chi connectivity index (χ3n) is 2.24. The number of hydrogen-bond donors (Lipinski definition) is 2. The van der Waals surface area contributed by atoms with Gasteiger partial charge >= 0.3 is 0 Å². The second kappa shape index (κ2) is 10.1. The summed E-state index contributed by atoms with van der Waals surface area (Å²) in [5, 5.41) is 2.73. The minimum absolute atomic E-state index is 0. The zero-order chi connectivity index (χ0) is 13.5. The highest BCUT2D eigenvalue weighted by molar-refractivity contribution is 7.98.